The minimum atomic E-state index is -1.77. The van der Waals surface area contributed by atoms with Gasteiger partial charge >= 0.3 is 0 Å². The van der Waals surface area contributed by atoms with Gasteiger partial charge in [0.25, 0.3) is 0 Å². The summed E-state index contributed by atoms with van der Waals surface area (Å²) in [7, 11) is -1.77. The molecule has 1 unspecified atom stereocenters. The second-order valence-electron chi connectivity index (χ2n) is 8.79. The number of rotatable bonds is 6. The van der Waals surface area contributed by atoms with Crippen molar-refractivity contribution in [2.24, 2.45) is 0 Å². The van der Waals surface area contributed by atoms with Gasteiger partial charge in [0.05, 0.1) is 5.52 Å². The monoisotopic (exact) mass is 433 g/mol. The van der Waals surface area contributed by atoms with Crippen LogP contribution < -0.4 is 0 Å². The lowest BCUT2D eigenvalue weighted by molar-refractivity contribution is 0.0858. The van der Waals surface area contributed by atoms with Crippen LogP contribution in [0.5, 0.6) is 0 Å². The molecule has 0 aliphatic rings. The Morgan fingerprint density at radius 3 is 2.23 bits per heavy atom. The number of fused-ring (bicyclic) bond motifs is 1. The van der Waals surface area contributed by atoms with Gasteiger partial charge in [0, 0.05) is 18.7 Å². The molecule has 4 nitrogen and oxygen atoms in total. The largest absolute Gasteiger partial charge is 0.291 e. The van der Waals surface area contributed by atoms with Gasteiger partial charge < -0.3 is 0 Å². The van der Waals surface area contributed by atoms with Crippen molar-refractivity contribution in [1.82, 2.24) is 15.0 Å². The number of aromatic nitrogens is 3. The highest BCUT2D eigenvalue weighted by Gasteiger charge is 2.47. The van der Waals surface area contributed by atoms with E-state index in [1.165, 1.54) is 0 Å². The smallest absolute Gasteiger partial charge is 0.194 e. The molecule has 6 heteroatoms. The first-order valence-corrected chi connectivity index (χ1v) is 14.1. The van der Waals surface area contributed by atoms with Crippen molar-refractivity contribution in [3.63, 3.8) is 0 Å². The summed E-state index contributed by atoms with van der Waals surface area (Å²) in [6, 6.07) is 25.5. The minimum Gasteiger partial charge on any atom is -0.291 e. The van der Waals surface area contributed by atoms with Crippen molar-refractivity contribution in [3.05, 3.63) is 95.0 Å². The summed E-state index contributed by atoms with van der Waals surface area (Å²) < 4.78 is 1.83. The SMILES string of the molecule is C[Si](C)(C)CC(C(=O)c1ccccc1)(c1ccc(Cl)cc1)n1nnc2ccccc21. The summed E-state index contributed by atoms with van der Waals surface area (Å²) in [6.45, 7) is 6.82. The fraction of sp³-hybridized carbons (Fsp3) is 0.208. The van der Waals surface area contributed by atoms with E-state index >= 15 is 0 Å². The van der Waals surface area contributed by atoms with Gasteiger partial charge in [-0.3, -0.25) is 4.79 Å². The lowest BCUT2D eigenvalue weighted by atomic mass is 9.83. The molecule has 0 aliphatic heterocycles. The van der Waals surface area contributed by atoms with E-state index in [-0.39, 0.29) is 5.78 Å². The molecule has 0 aliphatic carbocycles. The Labute approximate surface area is 182 Å². The van der Waals surface area contributed by atoms with Crippen LogP contribution >= 0.6 is 11.6 Å². The zero-order valence-electron chi connectivity index (χ0n) is 17.3. The van der Waals surface area contributed by atoms with Crippen molar-refractivity contribution in [2.75, 3.05) is 0 Å². The number of para-hydroxylation sites is 1. The number of carbonyl (C=O) groups excluding carboxylic acids is 1. The highest BCUT2D eigenvalue weighted by Crippen LogP contribution is 2.40. The Balaban J connectivity index is 2.08. The Morgan fingerprint density at radius 2 is 1.57 bits per heavy atom. The average molecular weight is 434 g/mol. The topological polar surface area (TPSA) is 47.8 Å². The predicted octanol–water partition coefficient (Wildman–Crippen LogP) is 6.05. The van der Waals surface area contributed by atoms with Crippen LogP contribution in [0, 0.1) is 0 Å². The van der Waals surface area contributed by atoms with Crippen LogP contribution in [0.4, 0.5) is 0 Å². The normalized spacial score (nSPS) is 13.9. The van der Waals surface area contributed by atoms with Crippen molar-refractivity contribution in [2.45, 2.75) is 31.2 Å². The third-order valence-corrected chi connectivity index (χ3v) is 7.06. The van der Waals surface area contributed by atoms with Crippen LogP contribution in [0.25, 0.3) is 11.0 Å². The zero-order valence-corrected chi connectivity index (χ0v) is 19.1. The summed E-state index contributed by atoms with van der Waals surface area (Å²) in [4.78, 5) is 14.3. The van der Waals surface area contributed by atoms with Crippen LogP contribution in [-0.4, -0.2) is 28.9 Å². The van der Waals surface area contributed by atoms with Crippen LogP contribution in [0.2, 0.25) is 30.7 Å². The summed E-state index contributed by atoms with van der Waals surface area (Å²) in [6.07, 6.45) is 0. The Hall–Kier alpha value is -2.76. The number of benzene rings is 3. The molecule has 0 saturated heterocycles. The van der Waals surface area contributed by atoms with Crippen LogP contribution in [0.3, 0.4) is 0 Å². The number of hydrogen-bond acceptors (Lipinski definition) is 3. The van der Waals surface area contributed by atoms with E-state index in [9.17, 15) is 4.79 Å². The van der Waals surface area contributed by atoms with E-state index in [0.29, 0.717) is 16.6 Å². The second kappa shape index (κ2) is 7.82. The van der Waals surface area contributed by atoms with E-state index in [2.05, 4.69) is 30.0 Å². The molecule has 0 radical (unpaired) electrons. The third-order valence-electron chi connectivity index (χ3n) is 5.23. The number of Topliss-reactive ketones (excluding diaryl/α,β-unsaturated/α-hetero) is 1. The maximum atomic E-state index is 14.3. The fourth-order valence-corrected chi connectivity index (χ4v) is 6.25. The summed E-state index contributed by atoms with van der Waals surface area (Å²) in [5.41, 5.74) is 2.14. The lowest BCUT2D eigenvalue weighted by Crippen LogP contribution is -2.48. The Morgan fingerprint density at radius 1 is 0.933 bits per heavy atom. The lowest BCUT2D eigenvalue weighted by Gasteiger charge is -2.38. The summed E-state index contributed by atoms with van der Waals surface area (Å²) in [5.74, 6) is 0.0171. The predicted molar refractivity (Wildman–Crippen MR) is 125 cm³/mol. The Kier molecular flexibility index (Phi) is 5.34. The Bertz CT molecular complexity index is 1180. The number of nitrogens with zero attached hydrogens (tertiary/aromatic N) is 3. The molecule has 0 bridgehead atoms. The van der Waals surface area contributed by atoms with Crippen molar-refractivity contribution in [3.8, 4) is 0 Å². The van der Waals surface area contributed by atoms with Gasteiger partial charge in [-0.15, -0.1) is 5.10 Å². The van der Waals surface area contributed by atoms with Gasteiger partial charge in [-0.2, -0.15) is 0 Å². The first-order valence-electron chi connectivity index (χ1n) is 9.98. The molecular weight excluding hydrogens is 410 g/mol. The molecule has 0 amide bonds. The summed E-state index contributed by atoms with van der Waals surface area (Å²) in [5, 5.41) is 9.55. The number of halogens is 1. The highest BCUT2D eigenvalue weighted by atomic mass is 35.5. The number of ketones is 1. The first kappa shape index (κ1) is 20.5. The molecule has 4 rings (SSSR count). The second-order valence-corrected chi connectivity index (χ2v) is 14.7. The number of carbonyl (C=O) groups is 1. The van der Waals surface area contributed by atoms with Gasteiger partial charge in [0.1, 0.15) is 5.52 Å². The van der Waals surface area contributed by atoms with Gasteiger partial charge in [-0.25, -0.2) is 4.68 Å². The molecule has 0 fully saturated rings. The van der Waals surface area contributed by atoms with Crippen LogP contribution in [0.1, 0.15) is 15.9 Å². The number of hydrogen-bond donors (Lipinski definition) is 0. The molecule has 1 heterocycles. The molecule has 1 atom stereocenters. The van der Waals surface area contributed by atoms with Crippen LogP contribution in [-0.2, 0) is 5.54 Å². The molecule has 3 aromatic carbocycles. The highest BCUT2D eigenvalue weighted by molar-refractivity contribution is 6.76. The van der Waals surface area contributed by atoms with Gasteiger partial charge in [-0.05, 0) is 35.9 Å². The van der Waals surface area contributed by atoms with E-state index in [0.717, 1.165) is 16.6 Å². The van der Waals surface area contributed by atoms with Crippen molar-refractivity contribution >= 4 is 36.5 Å². The molecule has 0 spiro atoms. The zero-order chi connectivity index (χ0) is 21.4. The maximum absolute atomic E-state index is 14.3. The van der Waals surface area contributed by atoms with E-state index < -0.39 is 13.6 Å². The van der Waals surface area contributed by atoms with Gasteiger partial charge in [-0.1, -0.05) is 91.1 Å². The fourth-order valence-electron chi connectivity index (χ4n) is 4.08. The van der Waals surface area contributed by atoms with Gasteiger partial charge in [0.2, 0.25) is 0 Å². The average Bonchev–Trinajstić information content (AvgIpc) is 3.17. The van der Waals surface area contributed by atoms with E-state index in [1.54, 1.807) is 0 Å². The minimum absolute atomic E-state index is 0.0171. The van der Waals surface area contributed by atoms with Crippen molar-refractivity contribution in [1.29, 1.82) is 0 Å². The molecule has 152 valence electrons. The van der Waals surface area contributed by atoms with E-state index in [1.807, 2.05) is 83.5 Å². The molecule has 4 aromatic rings. The molecule has 0 saturated carbocycles. The van der Waals surface area contributed by atoms with Crippen LogP contribution in [0.15, 0.2) is 78.9 Å². The van der Waals surface area contributed by atoms with Gasteiger partial charge in [0.15, 0.2) is 11.3 Å². The molecule has 30 heavy (non-hydrogen) atoms. The molecule has 1 aromatic heterocycles. The quantitative estimate of drug-likeness (QED) is 0.274. The maximum Gasteiger partial charge on any atom is 0.194 e. The standard InChI is InChI=1S/C24H24ClN3OSi/c1-30(2,3)17-24(19-13-15-20(25)16-14-19,23(29)18-9-5-4-6-10-18)28-22-12-8-7-11-21(22)26-27-28/h4-16H,17H2,1-3H3. The molecule has 0 N–H and O–H groups in total. The molecular formula is C24H24ClN3OSi. The summed E-state index contributed by atoms with van der Waals surface area (Å²) >= 11 is 6.20. The first-order chi connectivity index (χ1) is 14.3. The third kappa shape index (κ3) is 3.71. The van der Waals surface area contributed by atoms with E-state index in [4.69, 9.17) is 11.6 Å². The van der Waals surface area contributed by atoms with Crippen molar-refractivity contribution < 1.29 is 4.79 Å².